The zero-order valence-corrected chi connectivity index (χ0v) is 46.1. The normalized spacial score (nSPS) is 22.1. The van der Waals surface area contributed by atoms with Crippen molar-refractivity contribution in [1.82, 2.24) is 15.5 Å². The molecule has 1 aromatic carbocycles. The van der Waals surface area contributed by atoms with Crippen LogP contribution in [0.4, 0.5) is 21.0 Å². The van der Waals surface area contributed by atoms with E-state index in [0.29, 0.717) is 35.6 Å². The van der Waals surface area contributed by atoms with E-state index >= 15 is 0 Å². The van der Waals surface area contributed by atoms with Gasteiger partial charge in [0, 0.05) is 70.6 Å². The zero-order valence-electron chi connectivity index (χ0n) is 44.4. The van der Waals surface area contributed by atoms with Crippen LogP contribution in [-0.2, 0) is 10.2 Å². The van der Waals surface area contributed by atoms with Gasteiger partial charge in [-0.1, -0.05) is 93.9 Å². The Balaban J connectivity index is 1.48. The molecule has 2 aliphatic heterocycles. The number of amides is 4. The van der Waals surface area contributed by atoms with Gasteiger partial charge in [-0.25, -0.2) is 9.59 Å². The van der Waals surface area contributed by atoms with Crippen LogP contribution < -0.4 is 20.9 Å². The highest BCUT2D eigenvalue weighted by Gasteiger charge is 2.49. The third-order valence-electron chi connectivity index (χ3n) is 15.5. The van der Waals surface area contributed by atoms with Crippen molar-refractivity contribution in [1.29, 1.82) is 0 Å². The van der Waals surface area contributed by atoms with Gasteiger partial charge >= 0.3 is 12.1 Å². The van der Waals surface area contributed by atoms with Crippen LogP contribution in [0.5, 0.6) is 0 Å². The Bertz CT molecular complexity index is 2130. The fraction of sp³-hybridized carbons (Fsp3) is 0.679. The minimum absolute atomic E-state index is 0.132. The molecule has 378 valence electrons. The fourth-order valence-corrected chi connectivity index (χ4v) is 13.0. The number of Topliss-reactive ketones (excluding diaryl/α,β-unsaturated/α-hetero) is 1. The lowest BCUT2D eigenvalue weighted by Gasteiger charge is -2.34. The standard InChI is InChI=1S/C56H88N6O4S2/c1-15-19-23-39(17-3)33-67-27-21-25-57-53(65)59-45-31-47-43(55(11,12)37(9)61(47)35(5)6)29-41(45)49-51(63)50(52(49)64)42-30-44-48(62(36(7)8)38(10)56(44,13)14)32-46(42)60-54(66)58-26-22-28-68-34-40(18-4)24-20-16-2/h29-32,35-40,63H,15-28,33-34H2,1-14H3,(H,57,65)(H2,58,60,66). The summed E-state index contributed by atoms with van der Waals surface area (Å²) in [6.45, 7) is 32.0. The van der Waals surface area contributed by atoms with Crippen LogP contribution in [0.2, 0.25) is 0 Å². The second-order valence-corrected chi connectivity index (χ2v) is 23.7. The Labute approximate surface area is 419 Å². The predicted octanol–water partition coefficient (Wildman–Crippen LogP) is 13.6. The van der Waals surface area contributed by atoms with E-state index in [1.54, 1.807) is 0 Å². The number of carbonyl (C=O) groups is 3. The quantitative estimate of drug-likeness (QED) is 0.0596. The molecule has 12 heteroatoms. The smallest absolute Gasteiger partial charge is 0.341 e. The number of rotatable bonds is 24. The second kappa shape index (κ2) is 24.5. The lowest BCUT2D eigenvalue weighted by molar-refractivity contribution is -0.111. The van der Waals surface area contributed by atoms with Crippen molar-refractivity contribution in [3.8, 4) is 0 Å². The Kier molecular flexibility index (Phi) is 19.9. The molecule has 4 N–H and O–H groups in total. The van der Waals surface area contributed by atoms with Crippen molar-refractivity contribution in [3.05, 3.63) is 63.6 Å². The largest absolute Gasteiger partial charge is 0.506 e. The molecule has 5 rings (SSSR count). The van der Waals surface area contributed by atoms with Gasteiger partial charge in [-0.15, -0.1) is 0 Å². The molecule has 1 aromatic rings. The second-order valence-electron chi connectivity index (χ2n) is 21.4. The Morgan fingerprint density at radius 1 is 0.765 bits per heavy atom. The molecule has 4 atom stereocenters. The summed E-state index contributed by atoms with van der Waals surface area (Å²) < 4.78 is 0. The van der Waals surface area contributed by atoms with Crippen LogP contribution in [-0.4, -0.2) is 93.8 Å². The SMILES string of the molecule is CCCCC(CC)CSCCCNC(=O)N=C1C=C2C(=CC1=C1C(=O)C(c3cc4c(cc3NC(=O)NCCCSCC(CC)CCCC)N(C(C)C)C(C)C4(C)C)=C1O)C(C)(C)C(C)N2C(C)C. The van der Waals surface area contributed by atoms with Crippen LogP contribution >= 0.6 is 23.5 Å². The number of aliphatic hydroxyl groups excluding tert-OH is 1. The number of fused-ring (bicyclic) bond motifs is 2. The zero-order chi connectivity index (χ0) is 50.1. The van der Waals surface area contributed by atoms with Crippen molar-refractivity contribution >= 4 is 64.0 Å². The van der Waals surface area contributed by atoms with Crippen LogP contribution in [0, 0.1) is 17.3 Å². The first-order chi connectivity index (χ1) is 32.3. The number of hydrogen-bond acceptors (Lipinski definition) is 8. The molecule has 0 saturated carbocycles. The maximum absolute atomic E-state index is 14.9. The van der Waals surface area contributed by atoms with Gasteiger partial charge in [0.05, 0.1) is 22.5 Å². The number of aliphatic hydroxyl groups is 1. The molecule has 1 saturated heterocycles. The van der Waals surface area contributed by atoms with Crippen LogP contribution in [0.15, 0.2) is 57.5 Å². The highest BCUT2D eigenvalue weighted by atomic mass is 32.2. The minimum atomic E-state index is -0.471. The average Bonchev–Trinajstić information content (AvgIpc) is 3.60. The summed E-state index contributed by atoms with van der Waals surface area (Å²) in [7, 11) is 0. The molecule has 4 aliphatic rings. The molecule has 10 nitrogen and oxygen atoms in total. The number of urea groups is 2. The number of ketones is 1. The van der Waals surface area contributed by atoms with Crippen molar-refractivity contribution in [3.63, 3.8) is 0 Å². The molecule has 4 unspecified atom stereocenters. The van der Waals surface area contributed by atoms with Crippen LogP contribution in [0.1, 0.15) is 172 Å². The van der Waals surface area contributed by atoms with Gasteiger partial charge in [0.2, 0.25) is 5.78 Å². The van der Waals surface area contributed by atoms with Crippen LogP contribution in [0.3, 0.4) is 0 Å². The number of allylic oxidation sites excluding steroid dienone is 6. The Morgan fingerprint density at radius 2 is 1.32 bits per heavy atom. The Morgan fingerprint density at radius 3 is 1.85 bits per heavy atom. The third kappa shape index (κ3) is 12.3. The number of anilines is 2. The first-order valence-corrected chi connectivity index (χ1v) is 28.6. The summed E-state index contributed by atoms with van der Waals surface area (Å²) in [5.74, 6) is 5.18. The van der Waals surface area contributed by atoms with Crippen molar-refractivity contribution in [2.45, 2.75) is 191 Å². The summed E-state index contributed by atoms with van der Waals surface area (Å²) in [6.07, 6.45) is 15.5. The van der Waals surface area contributed by atoms with Gasteiger partial charge in [0.25, 0.3) is 0 Å². The average molecular weight is 973 g/mol. The first kappa shape index (κ1) is 55.3. The molecule has 2 aliphatic carbocycles. The number of benzene rings is 1. The molecule has 0 spiro atoms. The molecule has 4 amide bonds. The monoisotopic (exact) mass is 973 g/mol. The number of aliphatic imine (C=N–C) groups is 1. The summed E-state index contributed by atoms with van der Waals surface area (Å²) in [5.41, 5.74) is 5.51. The van der Waals surface area contributed by atoms with E-state index in [4.69, 9.17) is 0 Å². The molecule has 2 heterocycles. The highest BCUT2D eigenvalue weighted by Crippen LogP contribution is 2.53. The van der Waals surface area contributed by atoms with Gasteiger partial charge in [-0.05, 0) is 137 Å². The first-order valence-electron chi connectivity index (χ1n) is 26.3. The fourth-order valence-electron chi connectivity index (χ4n) is 10.5. The van der Waals surface area contributed by atoms with Gasteiger partial charge in [0.1, 0.15) is 5.76 Å². The lowest BCUT2D eigenvalue weighted by atomic mass is 9.73. The van der Waals surface area contributed by atoms with Gasteiger partial charge in [-0.2, -0.15) is 28.5 Å². The lowest BCUT2D eigenvalue weighted by Crippen LogP contribution is -2.42. The van der Waals surface area contributed by atoms with Crippen molar-refractivity contribution in [2.75, 3.05) is 46.3 Å². The predicted molar refractivity (Wildman–Crippen MR) is 293 cm³/mol. The molecule has 1 fully saturated rings. The molecule has 68 heavy (non-hydrogen) atoms. The van der Waals surface area contributed by atoms with Crippen LogP contribution in [0.25, 0.3) is 5.57 Å². The van der Waals surface area contributed by atoms with E-state index in [1.165, 1.54) is 51.4 Å². The van der Waals surface area contributed by atoms with Crippen molar-refractivity contribution in [2.24, 2.45) is 22.2 Å². The molecule has 0 radical (unpaired) electrons. The summed E-state index contributed by atoms with van der Waals surface area (Å²) in [6, 6.07) is 3.80. The summed E-state index contributed by atoms with van der Waals surface area (Å²) in [5, 5.41) is 21.5. The van der Waals surface area contributed by atoms with E-state index in [9.17, 15) is 19.5 Å². The van der Waals surface area contributed by atoms with Gasteiger partial charge < -0.3 is 30.9 Å². The molecular formula is C56H88N6O4S2. The number of unbranched alkanes of at least 4 members (excludes halogenated alkanes) is 2. The van der Waals surface area contributed by atoms with Gasteiger partial charge in [-0.3, -0.25) is 4.79 Å². The Hall–Kier alpha value is -3.64. The molecule has 0 aromatic heterocycles. The number of nitrogens with zero attached hydrogens (tertiary/aromatic N) is 3. The number of nitrogens with one attached hydrogen (secondary N) is 3. The van der Waals surface area contributed by atoms with Crippen molar-refractivity contribution < 1.29 is 19.5 Å². The van der Waals surface area contributed by atoms with E-state index < -0.39 is 6.03 Å². The van der Waals surface area contributed by atoms with Gasteiger partial charge in [0.15, 0.2) is 0 Å². The number of hydrogen-bond donors (Lipinski definition) is 4. The highest BCUT2D eigenvalue weighted by molar-refractivity contribution is 7.99. The number of carbonyl (C=O) groups excluding carboxylic acids is 3. The third-order valence-corrected chi connectivity index (χ3v) is 18.0. The number of thioether (sulfide) groups is 2. The topological polar surface area (TPSA) is 126 Å². The number of likely N-dealkylation sites (tertiary alicyclic amines) is 1. The van der Waals surface area contributed by atoms with E-state index in [1.807, 2.05) is 47.8 Å². The summed E-state index contributed by atoms with van der Waals surface area (Å²) >= 11 is 3.91. The molecular weight excluding hydrogens is 885 g/mol. The molecule has 0 bridgehead atoms. The minimum Gasteiger partial charge on any atom is -0.506 e. The van der Waals surface area contributed by atoms with E-state index in [0.717, 1.165) is 70.2 Å². The summed E-state index contributed by atoms with van der Waals surface area (Å²) in [4.78, 5) is 51.6. The van der Waals surface area contributed by atoms with E-state index in [2.05, 4.69) is 128 Å². The maximum atomic E-state index is 14.9. The van der Waals surface area contributed by atoms with E-state index in [-0.39, 0.29) is 63.7 Å². The maximum Gasteiger partial charge on any atom is 0.341 e.